The Hall–Kier alpha value is -0.830. The number of aliphatic hydroxyl groups excluding tert-OH is 1. The van der Waals surface area contributed by atoms with Crippen molar-refractivity contribution < 1.29 is 14.6 Å². The molecule has 2 unspecified atom stereocenters. The van der Waals surface area contributed by atoms with Gasteiger partial charge in [0.25, 0.3) is 0 Å². The van der Waals surface area contributed by atoms with Gasteiger partial charge in [-0.05, 0) is 72.5 Å². The van der Waals surface area contributed by atoms with Gasteiger partial charge in [0.05, 0.1) is 12.7 Å². The Morgan fingerprint density at radius 3 is 2.46 bits per heavy atom. The molecule has 4 aliphatic carbocycles. The van der Waals surface area contributed by atoms with Crippen LogP contribution in [0, 0.1) is 45.3 Å². The van der Waals surface area contributed by atoms with Crippen LogP contribution >= 0.6 is 0 Å². The quantitative estimate of drug-likeness (QED) is 0.587. The number of cyclic esters (lactones) is 1. The molecular formula is C25H38O3. The highest BCUT2D eigenvalue weighted by Gasteiger charge is 2.68. The van der Waals surface area contributed by atoms with Crippen LogP contribution < -0.4 is 0 Å². The van der Waals surface area contributed by atoms with E-state index in [4.69, 9.17) is 4.74 Å². The average Bonchev–Trinajstić information content (AvgIpc) is 2.99. The normalized spacial score (nSPS) is 54.6. The van der Waals surface area contributed by atoms with E-state index < -0.39 is 0 Å². The lowest BCUT2D eigenvalue weighted by atomic mass is 9.35. The summed E-state index contributed by atoms with van der Waals surface area (Å²) in [6.07, 6.45) is 10.2. The van der Waals surface area contributed by atoms with Gasteiger partial charge >= 0.3 is 5.97 Å². The molecule has 0 aromatic heterocycles. The van der Waals surface area contributed by atoms with E-state index in [1.165, 1.54) is 32.1 Å². The van der Waals surface area contributed by atoms with Crippen molar-refractivity contribution in [3.8, 4) is 0 Å². The van der Waals surface area contributed by atoms with Crippen LogP contribution in [0.1, 0.15) is 79.6 Å². The minimum absolute atomic E-state index is 0.0693. The van der Waals surface area contributed by atoms with Crippen molar-refractivity contribution in [2.45, 2.75) is 85.7 Å². The number of hydrogen-bond acceptors (Lipinski definition) is 3. The Morgan fingerprint density at radius 1 is 1.00 bits per heavy atom. The summed E-state index contributed by atoms with van der Waals surface area (Å²) in [4.78, 5) is 12.2. The standard InChI is InChI=1S/C25H38O3/c1-22(2)10-6-11-23(3)17(22)9-12-24(4)18-8-7-15-16(14-28-21(15)27)25(18,5)20(26)13-19(23)24/h7,16-20,26H,6,8-14H2,1-5H3/t16?,17?,18-,19+,20+,23-,24-,25+/m0/s1. The number of carbonyl (C=O) groups is 1. The molecular weight excluding hydrogens is 348 g/mol. The van der Waals surface area contributed by atoms with E-state index in [1.807, 2.05) is 0 Å². The fraction of sp³-hybridized carbons (Fsp3) is 0.880. The summed E-state index contributed by atoms with van der Waals surface area (Å²) in [6, 6.07) is 0. The lowest BCUT2D eigenvalue weighted by molar-refractivity contribution is -0.233. The SMILES string of the molecule is CC1(C)CCC[C@@]2(C)C1CC[C@@]1(C)[C@@H]3CC=C4C(=O)OCC4[C@@]3(C)[C@H](O)C[C@@H]12. The monoisotopic (exact) mass is 386 g/mol. The Balaban J connectivity index is 1.59. The first kappa shape index (κ1) is 19.2. The first-order valence-corrected chi connectivity index (χ1v) is 11.6. The van der Waals surface area contributed by atoms with E-state index in [2.05, 4.69) is 40.7 Å². The van der Waals surface area contributed by atoms with Gasteiger partial charge < -0.3 is 9.84 Å². The molecule has 0 aromatic carbocycles. The van der Waals surface area contributed by atoms with Gasteiger partial charge in [-0.25, -0.2) is 4.79 Å². The van der Waals surface area contributed by atoms with Gasteiger partial charge in [-0.15, -0.1) is 0 Å². The van der Waals surface area contributed by atoms with Crippen LogP contribution in [-0.2, 0) is 9.53 Å². The summed E-state index contributed by atoms with van der Waals surface area (Å²) in [5.41, 5.74) is 1.57. The van der Waals surface area contributed by atoms with Gasteiger partial charge in [0.2, 0.25) is 0 Å². The first-order valence-electron chi connectivity index (χ1n) is 11.6. The number of carbonyl (C=O) groups excluding carboxylic acids is 1. The van der Waals surface area contributed by atoms with E-state index >= 15 is 0 Å². The minimum atomic E-state index is -0.348. The van der Waals surface area contributed by atoms with E-state index in [0.29, 0.717) is 29.3 Å². The van der Waals surface area contributed by atoms with Crippen LogP contribution in [0.25, 0.3) is 0 Å². The first-order chi connectivity index (χ1) is 13.0. The molecule has 4 fully saturated rings. The highest BCUT2D eigenvalue weighted by Crippen LogP contribution is 2.73. The predicted molar refractivity (Wildman–Crippen MR) is 109 cm³/mol. The highest BCUT2D eigenvalue weighted by molar-refractivity contribution is 5.91. The number of fused-ring (bicyclic) bond motifs is 7. The van der Waals surface area contributed by atoms with Crippen LogP contribution in [0.4, 0.5) is 0 Å². The molecule has 8 atom stereocenters. The molecule has 0 bridgehead atoms. The van der Waals surface area contributed by atoms with Crippen LogP contribution in [0.15, 0.2) is 11.6 Å². The number of aliphatic hydroxyl groups is 1. The van der Waals surface area contributed by atoms with Crippen molar-refractivity contribution in [1.29, 1.82) is 0 Å². The maximum atomic E-state index is 12.2. The zero-order chi connectivity index (χ0) is 20.1. The largest absolute Gasteiger partial charge is 0.462 e. The third-order valence-corrected chi connectivity index (χ3v) is 10.9. The van der Waals surface area contributed by atoms with Gasteiger partial charge in [-0.3, -0.25) is 0 Å². The van der Waals surface area contributed by atoms with Crippen molar-refractivity contribution in [3.63, 3.8) is 0 Å². The summed E-state index contributed by atoms with van der Waals surface area (Å²) in [6.45, 7) is 12.8. The molecule has 0 radical (unpaired) electrons. The number of rotatable bonds is 0. The van der Waals surface area contributed by atoms with Crippen LogP contribution in [0.3, 0.4) is 0 Å². The second-order valence-corrected chi connectivity index (χ2v) is 12.2. The molecule has 1 saturated heterocycles. The van der Waals surface area contributed by atoms with E-state index in [0.717, 1.165) is 24.3 Å². The average molecular weight is 387 g/mol. The molecule has 0 spiro atoms. The van der Waals surface area contributed by atoms with Gasteiger partial charge in [-0.1, -0.05) is 47.1 Å². The minimum Gasteiger partial charge on any atom is -0.462 e. The maximum Gasteiger partial charge on any atom is 0.334 e. The molecule has 156 valence electrons. The Bertz CT molecular complexity index is 738. The van der Waals surface area contributed by atoms with Crippen molar-refractivity contribution in [2.24, 2.45) is 45.3 Å². The van der Waals surface area contributed by atoms with Crippen LogP contribution in [0.2, 0.25) is 0 Å². The van der Waals surface area contributed by atoms with Crippen LogP contribution in [-0.4, -0.2) is 23.8 Å². The second kappa shape index (κ2) is 5.65. The molecule has 5 aliphatic rings. The Kier molecular flexibility index (Phi) is 3.86. The van der Waals surface area contributed by atoms with Crippen molar-refractivity contribution >= 4 is 5.97 Å². The summed E-state index contributed by atoms with van der Waals surface area (Å²) >= 11 is 0. The summed E-state index contributed by atoms with van der Waals surface area (Å²) in [5, 5.41) is 11.6. The number of allylic oxidation sites excluding steroid dienone is 1. The molecule has 1 aliphatic heterocycles. The second-order valence-electron chi connectivity index (χ2n) is 12.2. The lowest BCUT2D eigenvalue weighted by Gasteiger charge is -2.70. The lowest BCUT2D eigenvalue weighted by Crippen LogP contribution is -2.66. The summed E-state index contributed by atoms with van der Waals surface area (Å²) in [5.74, 6) is 1.68. The number of esters is 1. The number of ether oxygens (including phenoxy) is 1. The summed E-state index contributed by atoms with van der Waals surface area (Å²) in [7, 11) is 0. The topological polar surface area (TPSA) is 46.5 Å². The predicted octanol–water partition coefficient (Wildman–Crippen LogP) is 5.13. The third-order valence-electron chi connectivity index (χ3n) is 10.9. The Labute approximate surface area is 170 Å². The van der Waals surface area contributed by atoms with E-state index in [1.54, 1.807) is 0 Å². The number of hydrogen-bond donors (Lipinski definition) is 1. The molecule has 1 N–H and O–H groups in total. The molecule has 28 heavy (non-hydrogen) atoms. The maximum absolute atomic E-state index is 12.2. The summed E-state index contributed by atoms with van der Waals surface area (Å²) < 4.78 is 5.45. The van der Waals surface area contributed by atoms with Crippen molar-refractivity contribution in [2.75, 3.05) is 6.61 Å². The van der Waals surface area contributed by atoms with Crippen LogP contribution in [0.5, 0.6) is 0 Å². The smallest absolute Gasteiger partial charge is 0.334 e. The molecule has 0 amide bonds. The molecule has 5 rings (SSSR count). The molecule has 3 heteroatoms. The van der Waals surface area contributed by atoms with E-state index in [9.17, 15) is 9.90 Å². The fourth-order valence-electron chi connectivity index (χ4n) is 9.52. The third kappa shape index (κ3) is 2.13. The molecule has 0 aromatic rings. The Morgan fingerprint density at radius 2 is 1.71 bits per heavy atom. The van der Waals surface area contributed by atoms with E-state index in [-0.39, 0.29) is 28.8 Å². The highest BCUT2D eigenvalue weighted by atomic mass is 16.5. The fourth-order valence-corrected chi connectivity index (χ4v) is 9.52. The zero-order valence-corrected chi connectivity index (χ0v) is 18.4. The van der Waals surface area contributed by atoms with Gasteiger partial charge in [0.1, 0.15) is 0 Å². The van der Waals surface area contributed by atoms with Gasteiger partial charge in [0, 0.05) is 16.9 Å². The zero-order valence-electron chi connectivity index (χ0n) is 18.4. The van der Waals surface area contributed by atoms with Gasteiger partial charge in [-0.2, -0.15) is 0 Å². The van der Waals surface area contributed by atoms with Gasteiger partial charge in [0.15, 0.2) is 0 Å². The van der Waals surface area contributed by atoms with Crippen molar-refractivity contribution in [3.05, 3.63) is 11.6 Å². The molecule has 1 heterocycles. The molecule has 3 nitrogen and oxygen atoms in total. The van der Waals surface area contributed by atoms with Crippen molar-refractivity contribution in [1.82, 2.24) is 0 Å². The molecule has 3 saturated carbocycles.